The molecule has 2 N–H and O–H groups in total. The molecule has 1 aromatic heterocycles. The average Bonchev–Trinajstić information content (AvgIpc) is 3.00. The van der Waals surface area contributed by atoms with Crippen LogP contribution in [-0.2, 0) is 4.74 Å². The molecule has 1 aliphatic heterocycles. The van der Waals surface area contributed by atoms with Crippen LogP contribution in [0.4, 0.5) is 4.79 Å². The van der Waals surface area contributed by atoms with E-state index in [2.05, 4.69) is 27.4 Å². The summed E-state index contributed by atoms with van der Waals surface area (Å²) < 4.78 is 11.2. The zero-order valence-corrected chi connectivity index (χ0v) is 15.2. The minimum absolute atomic E-state index is 0.0274. The first-order valence-corrected chi connectivity index (χ1v) is 8.53. The van der Waals surface area contributed by atoms with Crippen molar-refractivity contribution in [2.24, 2.45) is 0 Å². The minimum Gasteiger partial charge on any atom is -0.465 e. The van der Waals surface area contributed by atoms with E-state index in [0.29, 0.717) is 32.3 Å². The molecule has 0 radical (unpaired) electrons. The number of likely N-dealkylation sites (N-methyl/N-ethyl adjacent to an activating group) is 1. The second-order valence-electron chi connectivity index (χ2n) is 6.52. The number of morpholine rings is 1. The van der Waals surface area contributed by atoms with Crippen LogP contribution in [0.2, 0.25) is 0 Å². The Balaban J connectivity index is 1.89. The van der Waals surface area contributed by atoms with Crippen LogP contribution in [-0.4, -0.2) is 75.4 Å². The molecule has 24 heavy (non-hydrogen) atoms. The number of ether oxygens (including phenoxy) is 1. The summed E-state index contributed by atoms with van der Waals surface area (Å²) in [6.07, 6.45) is 0. The predicted octanol–water partition coefficient (Wildman–Crippen LogP) is 1.21. The van der Waals surface area contributed by atoms with Gasteiger partial charge < -0.3 is 24.7 Å². The maximum Gasteiger partial charge on any atom is 0.314 e. The van der Waals surface area contributed by atoms with Gasteiger partial charge in [0.15, 0.2) is 0 Å². The summed E-state index contributed by atoms with van der Waals surface area (Å²) in [6, 6.07) is 4.12. The minimum atomic E-state index is -0.148. The smallest absolute Gasteiger partial charge is 0.314 e. The summed E-state index contributed by atoms with van der Waals surface area (Å²) in [5, 5.41) is 5.88. The fraction of sp³-hybridized carbons (Fsp3) is 0.706. The lowest BCUT2D eigenvalue weighted by Gasteiger charge is -2.33. The molecule has 0 unspecified atom stereocenters. The third kappa shape index (κ3) is 5.51. The Morgan fingerprint density at radius 2 is 1.92 bits per heavy atom. The van der Waals surface area contributed by atoms with Crippen molar-refractivity contribution in [2.75, 3.05) is 53.5 Å². The van der Waals surface area contributed by atoms with Crippen molar-refractivity contribution >= 4 is 6.03 Å². The second-order valence-corrected chi connectivity index (χ2v) is 6.52. The number of carbonyl (C=O) groups excluding carboxylic acids is 1. The SMILES string of the molecule is Cc1ccc([C@@H](CNC(=O)NC[C@H](C)N(C)C)N2CCOCC2)o1. The maximum atomic E-state index is 12.1. The highest BCUT2D eigenvalue weighted by atomic mass is 16.5. The number of nitrogens with one attached hydrogen (secondary N) is 2. The molecule has 0 saturated carbocycles. The average molecular weight is 338 g/mol. The molecule has 136 valence electrons. The van der Waals surface area contributed by atoms with Crippen molar-refractivity contribution in [3.8, 4) is 0 Å². The molecule has 0 aliphatic carbocycles. The molecule has 7 nitrogen and oxygen atoms in total. The van der Waals surface area contributed by atoms with Crippen LogP contribution in [0.1, 0.15) is 24.5 Å². The standard InChI is InChI=1S/C17H30N4O3/c1-13(20(3)4)11-18-17(22)19-12-15(16-6-5-14(2)24-16)21-7-9-23-10-8-21/h5-6,13,15H,7-12H2,1-4H3,(H2,18,19,22)/t13-,15+/m0/s1. The molecule has 1 saturated heterocycles. The van der Waals surface area contributed by atoms with Gasteiger partial charge in [-0.3, -0.25) is 4.90 Å². The Hall–Kier alpha value is -1.57. The van der Waals surface area contributed by atoms with Gasteiger partial charge in [0.25, 0.3) is 0 Å². The van der Waals surface area contributed by atoms with E-state index in [0.717, 1.165) is 24.6 Å². The van der Waals surface area contributed by atoms with Gasteiger partial charge in [0.1, 0.15) is 11.5 Å². The van der Waals surface area contributed by atoms with E-state index in [9.17, 15) is 4.79 Å². The molecule has 0 aromatic carbocycles. The van der Waals surface area contributed by atoms with Crippen LogP contribution in [0.5, 0.6) is 0 Å². The Kier molecular flexibility index (Phi) is 7.08. The van der Waals surface area contributed by atoms with Crippen LogP contribution in [0.3, 0.4) is 0 Å². The lowest BCUT2D eigenvalue weighted by atomic mass is 10.1. The van der Waals surface area contributed by atoms with Gasteiger partial charge in [-0.2, -0.15) is 0 Å². The first-order valence-electron chi connectivity index (χ1n) is 8.53. The molecule has 7 heteroatoms. The lowest BCUT2D eigenvalue weighted by molar-refractivity contribution is 0.0121. The topological polar surface area (TPSA) is 70.0 Å². The highest BCUT2D eigenvalue weighted by Gasteiger charge is 2.25. The van der Waals surface area contributed by atoms with Crippen LogP contribution >= 0.6 is 0 Å². The van der Waals surface area contributed by atoms with Crippen molar-refractivity contribution in [1.29, 1.82) is 0 Å². The van der Waals surface area contributed by atoms with Gasteiger partial charge in [0.2, 0.25) is 0 Å². The molecule has 2 atom stereocenters. The summed E-state index contributed by atoms with van der Waals surface area (Å²) in [5.74, 6) is 1.77. The first kappa shape index (κ1) is 18.8. The van der Waals surface area contributed by atoms with Crippen LogP contribution in [0.15, 0.2) is 16.5 Å². The highest BCUT2D eigenvalue weighted by Crippen LogP contribution is 2.23. The number of hydrogen-bond donors (Lipinski definition) is 2. The van der Waals surface area contributed by atoms with E-state index in [1.165, 1.54) is 0 Å². The highest BCUT2D eigenvalue weighted by molar-refractivity contribution is 5.73. The van der Waals surface area contributed by atoms with Crippen molar-refractivity contribution in [3.63, 3.8) is 0 Å². The van der Waals surface area contributed by atoms with Gasteiger partial charge in [-0.25, -0.2) is 4.79 Å². The summed E-state index contributed by atoms with van der Waals surface area (Å²) in [7, 11) is 4.00. The molecular formula is C17H30N4O3. The Morgan fingerprint density at radius 1 is 1.25 bits per heavy atom. The van der Waals surface area contributed by atoms with E-state index < -0.39 is 0 Å². The monoisotopic (exact) mass is 338 g/mol. The number of hydrogen-bond acceptors (Lipinski definition) is 5. The lowest BCUT2D eigenvalue weighted by Crippen LogP contribution is -2.47. The van der Waals surface area contributed by atoms with Crippen molar-refractivity contribution < 1.29 is 13.9 Å². The third-order valence-electron chi connectivity index (χ3n) is 4.47. The number of aryl methyl sites for hydroxylation is 1. The molecule has 1 aliphatic rings. The zero-order valence-electron chi connectivity index (χ0n) is 15.2. The Morgan fingerprint density at radius 3 is 2.50 bits per heavy atom. The van der Waals surface area contributed by atoms with E-state index >= 15 is 0 Å². The fourth-order valence-electron chi connectivity index (χ4n) is 2.61. The zero-order chi connectivity index (χ0) is 17.5. The largest absolute Gasteiger partial charge is 0.465 e. The van der Waals surface area contributed by atoms with E-state index in [-0.39, 0.29) is 12.1 Å². The van der Waals surface area contributed by atoms with Gasteiger partial charge in [0, 0.05) is 32.2 Å². The molecule has 0 bridgehead atoms. The fourth-order valence-corrected chi connectivity index (χ4v) is 2.61. The summed E-state index contributed by atoms with van der Waals surface area (Å²) in [5.41, 5.74) is 0. The Bertz CT molecular complexity index is 512. The summed E-state index contributed by atoms with van der Waals surface area (Å²) >= 11 is 0. The van der Waals surface area contributed by atoms with Gasteiger partial charge >= 0.3 is 6.03 Å². The van der Waals surface area contributed by atoms with Gasteiger partial charge in [0.05, 0.1) is 19.3 Å². The number of amides is 2. The number of carbonyl (C=O) groups is 1. The van der Waals surface area contributed by atoms with Crippen LogP contribution in [0.25, 0.3) is 0 Å². The third-order valence-corrected chi connectivity index (χ3v) is 4.47. The molecule has 2 rings (SSSR count). The van der Waals surface area contributed by atoms with Gasteiger partial charge in [-0.05, 0) is 40.1 Å². The molecule has 1 fully saturated rings. The molecule has 2 heterocycles. The molecular weight excluding hydrogens is 308 g/mol. The second kappa shape index (κ2) is 9.05. The summed E-state index contributed by atoms with van der Waals surface area (Å²) in [6.45, 7) is 8.23. The van der Waals surface area contributed by atoms with Crippen molar-refractivity contribution in [2.45, 2.75) is 25.9 Å². The normalized spacial score (nSPS) is 18.4. The Labute approximate surface area is 144 Å². The van der Waals surface area contributed by atoms with Gasteiger partial charge in [-0.15, -0.1) is 0 Å². The van der Waals surface area contributed by atoms with E-state index in [4.69, 9.17) is 9.15 Å². The van der Waals surface area contributed by atoms with E-state index in [1.54, 1.807) is 0 Å². The molecule has 1 aromatic rings. The van der Waals surface area contributed by atoms with Gasteiger partial charge in [-0.1, -0.05) is 0 Å². The number of nitrogens with zero attached hydrogens (tertiary/aromatic N) is 2. The summed E-state index contributed by atoms with van der Waals surface area (Å²) in [4.78, 5) is 16.4. The molecule has 0 spiro atoms. The van der Waals surface area contributed by atoms with Crippen LogP contribution < -0.4 is 10.6 Å². The molecule has 2 amide bonds. The quantitative estimate of drug-likeness (QED) is 0.782. The van der Waals surface area contributed by atoms with Crippen LogP contribution in [0, 0.1) is 6.92 Å². The van der Waals surface area contributed by atoms with Crippen molar-refractivity contribution in [1.82, 2.24) is 20.4 Å². The predicted molar refractivity (Wildman–Crippen MR) is 93.1 cm³/mol. The number of furan rings is 1. The first-order chi connectivity index (χ1) is 11.5. The number of urea groups is 1. The van der Waals surface area contributed by atoms with E-state index in [1.807, 2.05) is 33.2 Å². The number of rotatable bonds is 7. The van der Waals surface area contributed by atoms with Crippen molar-refractivity contribution in [3.05, 3.63) is 23.7 Å². The maximum absolute atomic E-state index is 12.1.